The van der Waals surface area contributed by atoms with Crippen LogP contribution in [0.5, 0.6) is 0 Å². The summed E-state index contributed by atoms with van der Waals surface area (Å²) in [6, 6.07) is 0. The number of alkyl halides is 3. The predicted molar refractivity (Wildman–Crippen MR) is 69.6 cm³/mol. The van der Waals surface area contributed by atoms with Crippen LogP contribution in [0.3, 0.4) is 0 Å². The molecule has 23 heavy (non-hydrogen) atoms. The standard InChI is InChI=1S/C13H12F3N3O4/c1-6-3-8-11-10(17-23-18(11)20)9(13(14,15)16)5-12(8,19(21)22)4-7(6)2/h5,8H,3-4H2,1-2H3/t8-,12-/m1/s1. The van der Waals surface area contributed by atoms with Crippen LogP contribution in [0, 0.1) is 15.3 Å². The van der Waals surface area contributed by atoms with Gasteiger partial charge >= 0.3 is 6.18 Å². The average molecular weight is 331 g/mol. The third kappa shape index (κ3) is 2.04. The average Bonchev–Trinajstić information content (AvgIpc) is 2.80. The zero-order valence-electron chi connectivity index (χ0n) is 12.2. The normalized spacial score (nSPS) is 27.3. The first-order valence-corrected chi connectivity index (χ1v) is 6.77. The molecule has 0 saturated carbocycles. The highest BCUT2D eigenvalue weighted by Crippen LogP contribution is 2.52. The Bertz CT molecular complexity index is 765. The summed E-state index contributed by atoms with van der Waals surface area (Å²) in [6.07, 6.45) is -4.37. The molecule has 0 spiro atoms. The van der Waals surface area contributed by atoms with Crippen LogP contribution in [0.2, 0.25) is 0 Å². The van der Waals surface area contributed by atoms with Gasteiger partial charge in [0.2, 0.25) is 5.69 Å². The highest BCUT2D eigenvalue weighted by atomic mass is 19.4. The van der Waals surface area contributed by atoms with E-state index >= 15 is 0 Å². The summed E-state index contributed by atoms with van der Waals surface area (Å²) < 4.78 is 44.2. The third-order valence-electron chi connectivity index (χ3n) is 4.66. The molecule has 1 aromatic rings. The molecule has 0 aromatic carbocycles. The molecule has 1 aromatic heterocycles. The Morgan fingerprint density at radius 2 is 2.09 bits per heavy atom. The number of aromatic nitrogens is 2. The van der Waals surface area contributed by atoms with Crippen LogP contribution in [0.15, 0.2) is 21.9 Å². The second-order valence-corrected chi connectivity index (χ2v) is 5.96. The zero-order chi connectivity index (χ0) is 17.2. The van der Waals surface area contributed by atoms with E-state index in [0.29, 0.717) is 11.6 Å². The van der Waals surface area contributed by atoms with Crippen LogP contribution < -0.4 is 4.90 Å². The van der Waals surface area contributed by atoms with Gasteiger partial charge in [0.05, 0.1) is 0 Å². The van der Waals surface area contributed by atoms with E-state index in [1.165, 1.54) is 0 Å². The second-order valence-electron chi connectivity index (χ2n) is 5.96. The summed E-state index contributed by atoms with van der Waals surface area (Å²) in [6.45, 7) is 3.39. The first-order valence-electron chi connectivity index (χ1n) is 6.77. The molecule has 3 rings (SSSR count). The molecular weight excluding hydrogens is 319 g/mol. The number of nitro groups is 1. The minimum absolute atomic E-state index is 0.102. The summed E-state index contributed by atoms with van der Waals surface area (Å²) in [5.74, 6) is -1.05. The van der Waals surface area contributed by atoms with Crippen LogP contribution in [0.25, 0.3) is 5.57 Å². The Hall–Kier alpha value is -2.39. The van der Waals surface area contributed by atoms with Gasteiger partial charge in [-0.15, -0.1) is 0 Å². The maximum Gasteiger partial charge on any atom is 0.420 e. The Balaban J connectivity index is 2.34. The van der Waals surface area contributed by atoms with E-state index in [4.69, 9.17) is 0 Å². The SMILES string of the molecule is CC1=C(C)C[C@@]2([N+](=O)[O-])C=C(C(F)(F)F)c3no[n+]([O-])c3[C@H]2C1. The lowest BCUT2D eigenvalue weighted by Gasteiger charge is -2.37. The summed E-state index contributed by atoms with van der Waals surface area (Å²) in [7, 11) is 0. The van der Waals surface area contributed by atoms with Crippen molar-refractivity contribution in [1.29, 1.82) is 0 Å². The van der Waals surface area contributed by atoms with Crippen LogP contribution in [-0.4, -0.2) is 21.8 Å². The number of fused-ring (bicyclic) bond motifs is 3. The van der Waals surface area contributed by atoms with E-state index < -0.39 is 39.5 Å². The van der Waals surface area contributed by atoms with E-state index in [-0.39, 0.29) is 17.7 Å². The first kappa shape index (κ1) is 15.5. The molecule has 0 fully saturated rings. The quantitative estimate of drug-likeness (QED) is 0.341. The first-order chi connectivity index (χ1) is 10.6. The molecule has 10 heteroatoms. The van der Waals surface area contributed by atoms with Crippen LogP contribution in [0.4, 0.5) is 13.2 Å². The lowest BCUT2D eigenvalue weighted by atomic mass is 9.65. The van der Waals surface area contributed by atoms with Gasteiger partial charge in [-0.2, -0.15) is 13.2 Å². The maximum atomic E-state index is 13.3. The summed E-state index contributed by atoms with van der Waals surface area (Å²) >= 11 is 0. The van der Waals surface area contributed by atoms with Crippen molar-refractivity contribution in [2.24, 2.45) is 0 Å². The number of allylic oxidation sites excluding steroid dienone is 2. The fourth-order valence-electron chi connectivity index (χ4n) is 3.35. The summed E-state index contributed by atoms with van der Waals surface area (Å²) in [5.41, 5.74) is -2.97. The van der Waals surface area contributed by atoms with Crippen LogP contribution in [0.1, 0.15) is 44.0 Å². The van der Waals surface area contributed by atoms with Crippen LogP contribution >= 0.6 is 0 Å². The molecule has 124 valence electrons. The molecule has 0 bridgehead atoms. The Morgan fingerprint density at radius 3 is 2.65 bits per heavy atom. The predicted octanol–water partition coefficient (Wildman–Crippen LogP) is 2.50. The van der Waals surface area contributed by atoms with Gasteiger partial charge in [-0.05, 0) is 25.2 Å². The Kier molecular flexibility index (Phi) is 3.07. The van der Waals surface area contributed by atoms with Crippen molar-refractivity contribution in [3.63, 3.8) is 0 Å². The molecule has 2 aliphatic rings. The topological polar surface area (TPSA) is 96.1 Å². The lowest BCUT2D eigenvalue weighted by Crippen LogP contribution is -2.51. The van der Waals surface area contributed by atoms with Gasteiger partial charge in [0.1, 0.15) is 11.5 Å². The summed E-state index contributed by atoms with van der Waals surface area (Å²) in [5, 5.41) is 26.7. The molecule has 0 unspecified atom stereocenters. The van der Waals surface area contributed by atoms with Crippen molar-refractivity contribution >= 4 is 5.57 Å². The number of hydrogen-bond donors (Lipinski definition) is 0. The van der Waals surface area contributed by atoms with E-state index in [0.717, 1.165) is 5.57 Å². The van der Waals surface area contributed by atoms with Crippen molar-refractivity contribution in [2.45, 2.75) is 44.3 Å². The molecule has 0 radical (unpaired) electrons. The molecule has 1 heterocycles. The van der Waals surface area contributed by atoms with Gasteiger partial charge in [0.15, 0.2) is 0 Å². The highest BCUT2D eigenvalue weighted by molar-refractivity contribution is 5.72. The maximum absolute atomic E-state index is 13.3. The fourth-order valence-corrected chi connectivity index (χ4v) is 3.35. The Morgan fingerprint density at radius 1 is 1.43 bits per heavy atom. The fraction of sp³-hybridized carbons (Fsp3) is 0.538. The van der Waals surface area contributed by atoms with E-state index in [1.54, 1.807) is 13.8 Å². The smallest absolute Gasteiger partial charge is 0.359 e. The van der Waals surface area contributed by atoms with Gasteiger partial charge in [0, 0.05) is 22.6 Å². The number of nitrogens with zero attached hydrogens (tertiary/aromatic N) is 3. The second kappa shape index (κ2) is 4.56. The molecule has 0 saturated heterocycles. The van der Waals surface area contributed by atoms with Gasteiger partial charge in [-0.3, -0.25) is 14.7 Å². The largest absolute Gasteiger partial charge is 0.420 e. The number of hydrogen-bond acceptors (Lipinski definition) is 5. The van der Waals surface area contributed by atoms with Crippen molar-refractivity contribution in [2.75, 3.05) is 0 Å². The van der Waals surface area contributed by atoms with Crippen LogP contribution in [-0.2, 0) is 0 Å². The molecular formula is C13H12F3N3O4. The van der Waals surface area contributed by atoms with Gasteiger partial charge in [-0.25, -0.2) is 0 Å². The van der Waals surface area contributed by atoms with Gasteiger partial charge < -0.3 is 5.21 Å². The van der Waals surface area contributed by atoms with Gasteiger partial charge in [0.25, 0.3) is 11.2 Å². The number of halogens is 3. The monoisotopic (exact) mass is 331 g/mol. The molecule has 2 aliphatic carbocycles. The highest BCUT2D eigenvalue weighted by Gasteiger charge is 2.62. The van der Waals surface area contributed by atoms with E-state index in [1.807, 2.05) is 0 Å². The minimum atomic E-state index is -4.88. The molecule has 2 atom stereocenters. The minimum Gasteiger partial charge on any atom is -0.359 e. The molecule has 7 nitrogen and oxygen atoms in total. The van der Waals surface area contributed by atoms with E-state index in [2.05, 4.69) is 9.79 Å². The third-order valence-corrected chi connectivity index (χ3v) is 4.66. The van der Waals surface area contributed by atoms with Crippen molar-refractivity contribution in [3.8, 4) is 0 Å². The number of rotatable bonds is 1. The molecule has 0 amide bonds. The summed E-state index contributed by atoms with van der Waals surface area (Å²) in [4.78, 5) is 10.8. The zero-order valence-corrected chi connectivity index (χ0v) is 12.2. The van der Waals surface area contributed by atoms with Crippen molar-refractivity contribution in [1.82, 2.24) is 5.16 Å². The molecule has 0 aliphatic heterocycles. The molecule has 0 N–H and O–H groups in total. The lowest BCUT2D eigenvalue weighted by molar-refractivity contribution is -0.810. The Labute approximate surface area is 127 Å². The van der Waals surface area contributed by atoms with Crippen molar-refractivity contribution < 1.29 is 27.6 Å². The van der Waals surface area contributed by atoms with Gasteiger partial charge in [-0.1, -0.05) is 11.1 Å². The van der Waals surface area contributed by atoms with Crippen molar-refractivity contribution in [3.05, 3.63) is 43.9 Å². The van der Waals surface area contributed by atoms with E-state index in [9.17, 15) is 28.5 Å².